The first-order valence-corrected chi connectivity index (χ1v) is 5.90. The summed E-state index contributed by atoms with van der Waals surface area (Å²) in [6.07, 6.45) is 3.76. The second kappa shape index (κ2) is 5.25. The Labute approximate surface area is 91.2 Å². The van der Waals surface area contributed by atoms with Crippen LogP contribution in [0, 0.1) is 0 Å². The Hall–Kier alpha value is -0.160. The first-order chi connectivity index (χ1) is 7.35. The average molecular weight is 215 g/mol. The van der Waals surface area contributed by atoms with Gasteiger partial charge in [-0.05, 0) is 19.3 Å². The van der Waals surface area contributed by atoms with Gasteiger partial charge < -0.3 is 14.6 Å². The molecule has 1 saturated heterocycles. The molecule has 4 nitrogen and oxygen atoms in total. The molecule has 2 fully saturated rings. The summed E-state index contributed by atoms with van der Waals surface area (Å²) in [7, 11) is 0. The van der Waals surface area contributed by atoms with E-state index in [-0.39, 0.29) is 12.2 Å². The largest absolute Gasteiger partial charge is 0.394 e. The van der Waals surface area contributed by atoms with Crippen molar-refractivity contribution in [3.63, 3.8) is 0 Å². The summed E-state index contributed by atoms with van der Waals surface area (Å²) in [5, 5.41) is 8.57. The zero-order chi connectivity index (χ0) is 10.6. The van der Waals surface area contributed by atoms with Crippen molar-refractivity contribution in [2.45, 2.75) is 24.9 Å². The van der Waals surface area contributed by atoms with E-state index in [0.29, 0.717) is 6.61 Å². The number of rotatable bonds is 5. The van der Waals surface area contributed by atoms with Crippen LogP contribution in [0.3, 0.4) is 0 Å². The number of hydrogen-bond donors (Lipinski definition) is 1. The monoisotopic (exact) mass is 215 g/mol. The standard InChI is InChI=1S/C11H21NO3/c13-6-9-14-7-4-12-5-8-15-11(10-12)2-1-3-11/h13H,1-10H2. The molecule has 0 unspecified atom stereocenters. The molecule has 2 rings (SSSR count). The zero-order valence-corrected chi connectivity index (χ0v) is 9.28. The molecule has 0 aromatic heterocycles. The van der Waals surface area contributed by atoms with Gasteiger partial charge in [0.1, 0.15) is 0 Å². The van der Waals surface area contributed by atoms with Gasteiger partial charge in [0.2, 0.25) is 0 Å². The molecule has 1 saturated carbocycles. The quantitative estimate of drug-likeness (QED) is 0.668. The van der Waals surface area contributed by atoms with E-state index in [9.17, 15) is 0 Å². The fraction of sp³-hybridized carbons (Fsp3) is 1.00. The lowest BCUT2D eigenvalue weighted by atomic mass is 9.79. The van der Waals surface area contributed by atoms with Crippen molar-refractivity contribution >= 4 is 0 Å². The van der Waals surface area contributed by atoms with Crippen LogP contribution >= 0.6 is 0 Å². The summed E-state index contributed by atoms with van der Waals surface area (Å²) in [4.78, 5) is 2.42. The second-order valence-electron chi connectivity index (χ2n) is 4.50. The van der Waals surface area contributed by atoms with Gasteiger partial charge >= 0.3 is 0 Å². The minimum Gasteiger partial charge on any atom is -0.394 e. The van der Waals surface area contributed by atoms with Crippen LogP contribution in [0.25, 0.3) is 0 Å². The van der Waals surface area contributed by atoms with Crippen LogP contribution in [-0.2, 0) is 9.47 Å². The smallest absolute Gasteiger partial charge is 0.0809 e. The van der Waals surface area contributed by atoms with E-state index in [0.717, 1.165) is 32.8 Å². The summed E-state index contributed by atoms with van der Waals surface area (Å²) in [5.74, 6) is 0. The fourth-order valence-corrected chi connectivity index (χ4v) is 2.35. The Kier molecular flexibility index (Phi) is 3.97. The third-order valence-electron chi connectivity index (χ3n) is 3.38. The lowest BCUT2D eigenvalue weighted by molar-refractivity contribution is -0.153. The Morgan fingerprint density at radius 2 is 2.20 bits per heavy atom. The molecule has 1 aliphatic carbocycles. The molecule has 0 amide bonds. The van der Waals surface area contributed by atoms with Gasteiger partial charge in [-0.15, -0.1) is 0 Å². The van der Waals surface area contributed by atoms with Gasteiger partial charge in [-0.1, -0.05) is 0 Å². The highest BCUT2D eigenvalue weighted by atomic mass is 16.5. The summed E-state index contributed by atoms with van der Waals surface area (Å²) in [5.41, 5.74) is 0.190. The first-order valence-electron chi connectivity index (χ1n) is 5.90. The number of morpholine rings is 1. The number of nitrogens with zero attached hydrogens (tertiary/aromatic N) is 1. The molecule has 0 bridgehead atoms. The Bertz CT molecular complexity index is 194. The number of aliphatic hydroxyl groups excluding tert-OH is 1. The number of hydrogen-bond acceptors (Lipinski definition) is 4. The van der Waals surface area contributed by atoms with Crippen molar-refractivity contribution in [1.29, 1.82) is 0 Å². The van der Waals surface area contributed by atoms with E-state index in [1.807, 2.05) is 0 Å². The van der Waals surface area contributed by atoms with Crippen molar-refractivity contribution in [3.05, 3.63) is 0 Å². The van der Waals surface area contributed by atoms with Crippen LogP contribution < -0.4 is 0 Å². The van der Waals surface area contributed by atoms with Crippen molar-refractivity contribution < 1.29 is 14.6 Å². The molecule has 15 heavy (non-hydrogen) atoms. The van der Waals surface area contributed by atoms with E-state index < -0.39 is 0 Å². The Balaban J connectivity index is 1.64. The van der Waals surface area contributed by atoms with Crippen molar-refractivity contribution in [2.24, 2.45) is 0 Å². The molecule has 1 heterocycles. The average Bonchev–Trinajstić information content (AvgIpc) is 2.23. The minimum atomic E-state index is 0.118. The highest BCUT2D eigenvalue weighted by Crippen LogP contribution is 2.37. The maximum atomic E-state index is 8.57. The molecule has 0 aromatic carbocycles. The molecule has 1 aliphatic heterocycles. The Morgan fingerprint density at radius 3 is 2.87 bits per heavy atom. The van der Waals surface area contributed by atoms with Crippen molar-refractivity contribution in [2.75, 3.05) is 46.1 Å². The fourth-order valence-electron chi connectivity index (χ4n) is 2.35. The molecule has 0 aromatic rings. The van der Waals surface area contributed by atoms with E-state index in [2.05, 4.69) is 4.90 Å². The van der Waals surface area contributed by atoms with Crippen molar-refractivity contribution in [3.8, 4) is 0 Å². The van der Waals surface area contributed by atoms with E-state index in [4.69, 9.17) is 14.6 Å². The number of aliphatic hydroxyl groups is 1. The predicted octanol–water partition coefficient (Wildman–Crippen LogP) is 0.250. The van der Waals surface area contributed by atoms with Gasteiger partial charge in [0.25, 0.3) is 0 Å². The Morgan fingerprint density at radius 1 is 1.33 bits per heavy atom. The maximum absolute atomic E-state index is 8.57. The van der Waals surface area contributed by atoms with Gasteiger partial charge in [-0.25, -0.2) is 0 Å². The predicted molar refractivity (Wildman–Crippen MR) is 56.9 cm³/mol. The second-order valence-corrected chi connectivity index (χ2v) is 4.50. The molecule has 4 heteroatoms. The minimum absolute atomic E-state index is 0.118. The van der Waals surface area contributed by atoms with E-state index in [1.54, 1.807) is 0 Å². The first kappa shape index (κ1) is 11.3. The SMILES string of the molecule is OCCOCCN1CCOC2(CCC2)C1. The van der Waals surface area contributed by atoms with Crippen LogP contribution in [0.5, 0.6) is 0 Å². The molecule has 2 aliphatic rings. The van der Waals surface area contributed by atoms with E-state index >= 15 is 0 Å². The van der Waals surface area contributed by atoms with Gasteiger partial charge in [-0.2, -0.15) is 0 Å². The van der Waals surface area contributed by atoms with Crippen LogP contribution in [0.2, 0.25) is 0 Å². The molecule has 0 atom stereocenters. The van der Waals surface area contributed by atoms with Gasteiger partial charge in [0, 0.05) is 19.6 Å². The van der Waals surface area contributed by atoms with Crippen LogP contribution in [0.15, 0.2) is 0 Å². The van der Waals surface area contributed by atoms with Gasteiger partial charge in [0.05, 0.1) is 32.0 Å². The molecule has 1 N–H and O–H groups in total. The van der Waals surface area contributed by atoms with Gasteiger partial charge in [0.15, 0.2) is 0 Å². The van der Waals surface area contributed by atoms with E-state index in [1.165, 1.54) is 19.3 Å². The van der Waals surface area contributed by atoms with Crippen LogP contribution in [0.4, 0.5) is 0 Å². The summed E-state index contributed by atoms with van der Waals surface area (Å²) in [6, 6.07) is 0. The molecular formula is C11H21NO3. The summed E-state index contributed by atoms with van der Waals surface area (Å²) >= 11 is 0. The molecule has 1 spiro atoms. The molecule has 0 radical (unpaired) electrons. The highest BCUT2D eigenvalue weighted by Gasteiger charge is 2.41. The maximum Gasteiger partial charge on any atom is 0.0809 e. The summed E-state index contributed by atoms with van der Waals surface area (Å²) < 4.78 is 11.1. The topological polar surface area (TPSA) is 41.9 Å². The molecular weight excluding hydrogens is 194 g/mol. The third kappa shape index (κ3) is 2.91. The lowest BCUT2D eigenvalue weighted by Gasteiger charge is -2.48. The van der Waals surface area contributed by atoms with Crippen LogP contribution in [0.1, 0.15) is 19.3 Å². The normalized spacial score (nSPS) is 25.4. The summed E-state index contributed by atoms with van der Waals surface area (Å²) in [6.45, 7) is 5.20. The van der Waals surface area contributed by atoms with Crippen LogP contribution in [-0.4, -0.2) is 61.7 Å². The molecule has 88 valence electrons. The van der Waals surface area contributed by atoms with Crippen molar-refractivity contribution in [1.82, 2.24) is 4.90 Å². The zero-order valence-electron chi connectivity index (χ0n) is 9.28. The highest BCUT2D eigenvalue weighted by molar-refractivity contribution is 4.94. The number of ether oxygens (including phenoxy) is 2. The third-order valence-corrected chi connectivity index (χ3v) is 3.38. The van der Waals surface area contributed by atoms with Gasteiger partial charge in [-0.3, -0.25) is 4.90 Å². The lowest BCUT2D eigenvalue weighted by Crippen LogP contribution is -2.56.